The Morgan fingerprint density at radius 1 is 0.621 bits per heavy atom. The molecule has 2 nitrogen and oxygen atoms in total. The maximum absolute atomic E-state index is 5.07. The number of benzene rings is 3. The molecule has 1 fully saturated rings. The fourth-order valence-electron chi connectivity index (χ4n) is 3.99. The molecule has 0 N–H and O–H groups in total. The fourth-order valence-corrected chi connectivity index (χ4v) is 5.09. The van der Waals surface area contributed by atoms with Gasteiger partial charge in [-0.2, -0.15) is 0 Å². The van der Waals surface area contributed by atoms with Crippen LogP contribution >= 0.6 is 11.3 Å². The van der Waals surface area contributed by atoms with Gasteiger partial charge in [0.25, 0.3) is 0 Å². The van der Waals surface area contributed by atoms with Crippen LogP contribution in [0.1, 0.15) is 19.3 Å². The molecule has 2 heterocycles. The highest BCUT2D eigenvalue weighted by molar-refractivity contribution is 7.19. The number of rotatable bonds is 4. The Bertz CT molecular complexity index is 1010. The van der Waals surface area contributed by atoms with Crippen molar-refractivity contribution in [2.75, 3.05) is 18.0 Å². The molecule has 0 amide bonds. The molecule has 0 spiro atoms. The van der Waals surface area contributed by atoms with Gasteiger partial charge in [-0.25, -0.2) is 4.98 Å². The van der Waals surface area contributed by atoms with Crippen LogP contribution in [0, 0.1) is 0 Å². The lowest BCUT2D eigenvalue weighted by atomic mass is 10.1. The van der Waals surface area contributed by atoms with E-state index in [-0.39, 0.29) is 0 Å². The molecule has 29 heavy (non-hydrogen) atoms. The molecule has 0 aliphatic carbocycles. The van der Waals surface area contributed by atoms with Crippen molar-refractivity contribution in [2.24, 2.45) is 0 Å². The van der Waals surface area contributed by atoms with Gasteiger partial charge in [0.15, 0.2) is 0 Å². The Morgan fingerprint density at radius 2 is 1.24 bits per heavy atom. The average molecular weight is 397 g/mol. The highest BCUT2D eigenvalue weighted by atomic mass is 32.1. The van der Waals surface area contributed by atoms with Gasteiger partial charge in [0, 0.05) is 29.9 Å². The standard InChI is InChI=1S/C26H24N2S/c1-4-10-20(11-5-1)24-25(21-12-6-2-7-13-21)29-26(27-24)22-14-16-23(17-15-22)28-18-8-3-9-19-28/h1-2,4-7,10-17H,3,8-9,18-19H2. The summed E-state index contributed by atoms with van der Waals surface area (Å²) < 4.78 is 0. The summed E-state index contributed by atoms with van der Waals surface area (Å²) >= 11 is 1.78. The van der Waals surface area contributed by atoms with Gasteiger partial charge in [0.05, 0.1) is 10.6 Å². The summed E-state index contributed by atoms with van der Waals surface area (Å²) in [6.07, 6.45) is 3.96. The van der Waals surface area contributed by atoms with Crippen LogP contribution in [0.2, 0.25) is 0 Å². The van der Waals surface area contributed by atoms with E-state index >= 15 is 0 Å². The molecule has 0 saturated carbocycles. The largest absolute Gasteiger partial charge is 0.372 e. The first kappa shape index (κ1) is 18.1. The smallest absolute Gasteiger partial charge is 0.124 e. The van der Waals surface area contributed by atoms with E-state index in [0.717, 1.165) is 10.7 Å². The summed E-state index contributed by atoms with van der Waals surface area (Å²) in [6.45, 7) is 2.35. The molecule has 0 bridgehead atoms. The predicted molar refractivity (Wildman–Crippen MR) is 124 cm³/mol. The minimum absolute atomic E-state index is 1.07. The van der Waals surface area contributed by atoms with E-state index in [9.17, 15) is 0 Å². The number of hydrogen-bond acceptors (Lipinski definition) is 3. The first-order valence-electron chi connectivity index (χ1n) is 10.4. The lowest BCUT2D eigenvalue weighted by Crippen LogP contribution is -2.29. The zero-order chi connectivity index (χ0) is 19.5. The van der Waals surface area contributed by atoms with Crippen molar-refractivity contribution < 1.29 is 0 Å². The van der Waals surface area contributed by atoms with E-state index in [4.69, 9.17) is 4.98 Å². The Balaban J connectivity index is 1.53. The van der Waals surface area contributed by atoms with Crippen molar-refractivity contribution in [3.05, 3.63) is 84.9 Å². The van der Waals surface area contributed by atoms with Crippen molar-refractivity contribution in [3.63, 3.8) is 0 Å². The molecule has 1 aliphatic rings. The van der Waals surface area contributed by atoms with Gasteiger partial charge in [0.2, 0.25) is 0 Å². The van der Waals surface area contributed by atoms with Crippen LogP contribution in [0.3, 0.4) is 0 Å². The molecule has 4 aromatic rings. The van der Waals surface area contributed by atoms with E-state index in [1.54, 1.807) is 11.3 Å². The second-order valence-electron chi connectivity index (χ2n) is 7.52. The number of aromatic nitrogens is 1. The minimum atomic E-state index is 1.07. The van der Waals surface area contributed by atoms with Crippen LogP contribution in [0.5, 0.6) is 0 Å². The summed E-state index contributed by atoms with van der Waals surface area (Å²) in [6, 6.07) is 30.1. The van der Waals surface area contributed by atoms with Crippen molar-refractivity contribution in [1.29, 1.82) is 0 Å². The van der Waals surface area contributed by atoms with E-state index in [2.05, 4.69) is 89.8 Å². The summed E-state index contributed by atoms with van der Waals surface area (Å²) in [5.41, 5.74) is 5.97. The normalized spacial score (nSPS) is 14.1. The minimum Gasteiger partial charge on any atom is -0.372 e. The summed E-state index contributed by atoms with van der Waals surface area (Å²) in [5, 5.41) is 1.08. The Morgan fingerprint density at radius 3 is 1.90 bits per heavy atom. The maximum Gasteiger partial charge on any atom is 0.124 e. The van der Waals surface area contributed by atoms with E-state index < -0.39 is 0 Å². The number of anilines is 1. The Hall–Kier alpha value is -2.91. The maximum atomic E-state index is 5.07. The molecule has 0 atom stereocenters. The predicted octanol–water partition coefficient (Wildman–Crippen LogP) is 7.13. The summed E-state index contributed by atoms with van der Waals surface area (Å²) in [5.74, 6) is 0. The molecule has 3 aromatic carbocycles. The second kappa shape index (κ2) is 8.22. The number of hydrogen-bond donors (Lipinski definition) is 0. The van der Waals surface area contributed by atoms with Crippen LogP contribution in [0.25, 0.3) is 32.3 Å². The molecule has 144 valence electrons. The zero-order valence-corrected chi connectivity index (χ0v) is 17.2. The molecule has 1 saturated heterocycles. The SMILES string of the molecule is c1ccc(-c2nc(-c3ccc(N4CCCCC4)cc3)sc2-c2ccccc2)cc1. The van der Waals surface area contributed by atoms with Gasteiger partial charge < -0.3 is 4.90 Å². The van der Waals surface area contributed by atoms with Crippen LogP contribution in [0.15, 0.2) is 84.9 Å². The third-order valence-electron chi connectivity index (χ3n) is 5.55. The first-order chi connectivity index (χ1) is 14.4. The third kappa shape index (κ3) is 3.83. The summed E-state index contributed by atoms with van der Waals surface area (Å²) in [4.78, 5) is 8.80. The molecule has 1 aliphatic heterocycles. The molecule has 5 rings (SSSR count). The van der Waals surface area contributed by atoms with Crippen molar-refractivity contribution in [1.82, 2.24) is 4.98 Å². The molecular formula is C26H24N2S. The van der Waals surface area contributed by atoms with E-state index in [1.165, 1.54) is 59.6 Å². The second-order valence-corrected chi connectivity index (χ2v) is 8.52. The van der Waals surface area contributed by atoms with E-state index in [0.29, 0.717) is 0 Å². The van der Waals surface area contributed by atoms with Crippen molar-refractivity contribution in [2.45, 2.75) is 19.3 Å². The van der Waals surface area contributed by atoms with E-state index in [1.807, 2.05) is 0 Å². The molecule has 0 radical (unpaired) electrons. The van der Waals surface area contributed by atoms with Gasteiger partial charge in [-0.1, -0.05) is 60.7 Å². The van der Waals surface area contributed by atoms with Gasteiger partial charge in [-0.05, 0) is 49.1 Å². The first-order valence-corrected chi connectivity index (χ1v) is 11.2. The van der Waals surface area contributed by atoms with Crippen LogP contribution in [-0.4, -0.2) is 18.1 Å². The third-order valence-corrected chi connectivity index (χ3v) is 6.70. The highest BCUT2D eigenvalue weighted by Gasteiger charge is 2.16. The van der Waals surface area contributed by atoms with Gasteiger partial charge >= 0.3 is 0 Å². The average Bonchev–Trinajstić information content (AvgIpc) is 3.27. The lowest BCUT2D eigenvalue weighted by molar-refractivity contribution is 0.578. The van der Waals surface area contributed by atoms with Gasteiger partial charge in [0.1, 0.15) is 5.01 Å². The molecule has 1 aromatic heterocycles. The van der Waals surface area contributed by atoms with Gasteiger partial charge in [-0.3, -0.25) is 0 Å². The van der Waals surface area contributed by atoms with Crippen LogP contribution < -0.4 is 4.90 Å². The topological polar surface area (TPSA) is 16.1 Å². The van der Waals surface area contributed by atoms with Crippen molar-refractivity contribution >= 4 is 17.0 Å². The Labute approximate surface area is 176 Å². The lowest BCUT2D eigenvalue weighted by Gasteiger charge is -2.28. The van der Waals surface area contributed by atoms with Crippen LogP contribution in [-0.2, 0) is 0 Å². The molecule has 0 unspecified atom stereocenters. The monoisotopic (exact) mass is 396 g/mol. The summed E-state index contributed by atoms with van der Waals surface area (Å²) in [7, 11) is 0. The Kier molecular flexibility index (Phi) is 5.14. The van der Waals surface area contributed by atoms with Crippen molar-refractivity contribution in [3.8, 4) is 32.3 Å². The molecular weight excluding hydrogens is 372 g/mol. The quantitative estimate of drug-likeness (QED) is 0.364. The van der Waals surface area contributed by atoms with Gasteiger partial charge in [-0.15, -0.1) is 11.3 Å². The van der Waals surface area contributed by atoms with Crippen LogP contribution in [0.4, 0.5) is 5.69 Å². The highest BCUT2D eigenvalue weighted by Crippen LogP contribution is 2.40. The number of thiazole rings is 1. The number of nitrogens with zero attached hydrogens (tertiary/aromatic N) is 2. The molecule has 3 heteroatoms. The zero-order valence-electron chi connectivity index (χ0n) is 16.4. The fraction of sp³-hybridized carbons (Fsp3) is 0.192. The number of piperidine rings is 1.